The summed E-state index contributed by atoms with van der Waals surface area (Å²) in [5.41, 5.74) is 6.15. The quantitative estimate of drug-likeness (QED) is 0.201. The zero-order valence-electron chi connectivity index (χ0n) is 23.0. The van der Waals surface area contributed by atoms with E-state index >= 15 is 0 Å². The first-order chi connectivity index (χ1) is 19.4. The van der Waals surface area contributed by atoms with E-state index in [2.05, 4.69) is 17.6 Å². The number of nitrogens with one attached hydrogen (secondary N) is 2. The zero-order chi connectivity index (χ0) is 28.2. The fourth-order valence-electron chi connectivity index (χ4n) is 4.60. The summed E-state index contributed by atoms with van der Waals surface area (Å²) in [5, 5.41) is 12.6. The molecule has 0 aliphatic carbocycles. The van der Waals surface area contributed by atoms with E-state index in [1.54, 1.807) is 4.68 Å². The Kier molecular flexibility index (Phi) is 8.47. The van der Waals surface area contributed by atoms with Crippen LogP contribution in [0.3, 0.4) is 0 Å². The second-order valence-electron chi connectivity index (χ2n) is 9.73. The van der Waals surface area contributed by atoms with E-state index < -0.39 is 6.04 Å². The molecule has 2 heterocycles. The predicted molar refractivity (Wildman–Crippen MR) is 162 cm³/mol. The van der Waals surface area contributed by atoms with E-state index in [-0.39, 0.29) is 5.91 Å². The number of ether oxygens (including phenoxy) is 1. The number of anilines is 2. The number of hydrogen-bond acceptors (Lipinski definition) is 6. The van der Waals surface area contributed by atoms with Crippen molar-refractivity contribution in [3.63, 3.8) is 0 Å². The molecule has 1 aliphatic rings. The molecule has 1 unspecified atom stereocenters. The number of carbonyl (C=O) groups is 1. The first-order valence-electron chi connectivity index (χ1n) is 13.3. The number of aryl methyl sites for hydroxylation is 1. The predicted octanol–water partition coefficient (Wildman–Crippen LogP) is 7.56. The second-order valence-corrected chi connectivity index (χ2v) is 11.1. The van der Waals surface area contributed by atoms with Crippen molar-refractivity contribution < 1.29 is 9.53 Å². The van der Waals surface area contributed by atoms with Gasteiger partial charge in [0.25, 0.3) is 5.91 Å². The number of amides is 1. The first kappa shape index (κ1) is 27.8. The minimum Gasteiger partial charge on any atom is -0.494 e. The smallest absolute Gasteiger partial charge is 0.255 e. The molecule has 1 aliphatic heterocycles. The normalized spacial score (nSPS) is 14.5. The average molecular weight is 574 g/mol. The van der Waals surface area contributed by atoms with Gasteiger partial charge in [-0.2, -0.15) is 4.98 Å². The molecular weight excluding hydrogens is 542 g/mol. The summed E-state index contributed by atoms with van der Waals surface area (Å²) in [7, 11) is 0. The van der Waals surface area contributed by atoms with Crippen LogP contribution in [0.15, 0.2) is 83.2 Å². The second kappa shape index (κ2) is 12.2. The molecule has 1 aromatic heterocycles. The number of rotatable bonds is 9. The lowest BCUT2D eigenvalue weighted by atomic mass is 9.94. The van der Waals surface area contributed by atoms with Gasteiger partial charge in [0.1, 0.15) is 11.8 Å². The molecule has 9 heteroatoms. The molecule has 0 saturated carbocycles. The van der Waals surface area contributed by atoms with Crippen LogP contribution in [0.25, 0.3) is 0 Å². The van der Waals surface area contributed by atoms with Crippen LogP contribution < -0.4 is 15.4 Å². The molecule has 3 aromatic carbocycles. The molecule has 0 spiro atoms. The van der Waals surface area contributed by atoms with Crippen LogP contribution in [0.1, 0.15) is 48.6 Å². The van der Waals surface area contributed by atoms with Crippen molar-refractivity contribution in [2.24, 2.45) is 0 Å². The van der Waals surface area contributed by atoms with Crippen molar-refractivity contribution in [3.8, 4) is 5.75 Å². The molecule has 1 atom stereocenters. The highest BCUT2D eigenvalue weighted by Crippen LogP contribution is 2.38. The van der Waals surface area contributed by atoms with E-state index in [1.807, 2.05) is 87.5 Å². The van der Waals surface area contributed by atoms with Gasteiger partial charge in [-0.15, -0.1) is 5.10 Å². The third kappa shape index (κ3) is 5.88. The molecule has 0 fully saturated rings. The third-order valence-electron chi connectivity index (χ3n) is 6.91. The lowest BCUT2D eigenvalue weighted by Crippen LogP contribution is -2.31. The Labute approximate surface area is 244 Å². The average Bonchev–Trinajstić information content (AvgIpc) is 3.35. The van der Waals surface area contributed by atoms with Gasteiger partial charge in [-0.1, -0.05) is 72.8 Å². The lowest BCUT2D eigenvalue weighted by Gasteiger charge is -2.29. The van der Waals surface area contributed by atoms with E-state index in [0.717, 1.165) is 45.8 Å². The van der Waals surface area contributed by atoms with Gasteiger partial charge in [-0.3, -0.25) is 4.79 Å². The standard InChI is InChI=1S/C31H32ClN5O2S/c1-5-17-39-24-15-13-22(14-16-24)28-27(29(38)34-26-12-8-9-19(2)20(26)3)21(4)33-30-35-31(36-37(28)30)40-18-23-10-6-7-11-25(23)32/h6-16,28H,5,17-18H2,1-4H3,(H,34,38)(H,33,35,36). The van der Waals surface area contributed by atoms with Crippen LogP contribution >= 0.6 is 23.4 Å². The molecule has 1 amide bonds. The number of fused-ring (bicyclic) bond motifs is 1. The Morgan fingerprint density at radius 2 is 1.85 bits per heavy atom. The summed E-state index contributed by atoms with van der Waals surface area (Å²) in [6.45, 7) is 8.67. The Balaban J connectivity index is 1.49. The molecule has 5 rings (SSSR count). The van der Waals surface area contributed by atoms with Gasteiger partial charge < -0.3 is 15.4 Å². The van der Waals surface area contributed by atoms with Gasteiger partial charge in [0.2, 0.25) is 11.1 Å². The number of benzene rings is 3. The molecule has 40 heavy (non-hydrogen) atoms. The van der Waals surface area contributed by atoms with Crippen LogP contribution in [0, 0.1) is 13.8 Å². The lowest BCUT2D eigenvalue weighted by molar-refractivity contribution is -0.113. The number of nitrogens with zero attached hydrogens (tertiary/aromatic N) is 3. The van der Waals surface area contributed by atoms with Crippen LogP contribution in [-0.4, -0.2) is 27.3 Å². The van der Waals surface area contributed by atoms with Gasteiger partial charge in [-0.05, 0) is 73.7 Å². The van der Waals surface area contributed by atoms with Crippen molar-refractivity contribution in [1.29, 1.82) is 0 Å². The van der Waals surface area contributed by atoms with Crippen molar-refractivity contribution in [2.75, 3.05) is 17.2 Å². The summed E-state index contributed by atoms with van der Waals surface area (Å²) < 4.78 is 7.59. The highest BCUT2D eigenvalue weighted by molar-refractivity contribution is 7.98. The molecule has 0 radical (unpaired) electrons. The van der Waals surface area contributed by atoms with Crippen molar-refractivity contribution in [3.05, 3.63) is 105 Å². The summed E-state index contributed by atoms with van der Waals surface area (Å²) in [6, 6.07) is 21.0. The Hall–Kier alpha value is -3.75. The van der Waals surface area contributed by atoms with Crippen molar-refractivity contribution in [1.82, 2.24) is 14.8 Å². The Bertz CT molecular complexity index is 1560. The third-order valence-corrected chi connectivity index (χ3v) is 8.17. The highest BCUT2D eigenvalue weighted by Gasteiger charge is 2.34. The molecule has 4 aromatic rings. The maximum absolute atomic E-state index is 13.9. The molecule has 206 valence electrons. The largest absolute Gasteiger partial charge is 0.494 e. The molecule has 2 N–H and O–H groups in total. The maximum atomic E-state index is 13.9. The SMILES string of the molecule is CCCOc1ccc(C2C(C(=O)Nc3cccc(C)c3C)=C(C)Nc3nc(SCc4ccccc4Cl)nn32)cc1. The number of thioether (sulfide) groups is 1. The fraction of sp³-hybridized carbons (Fsp3) is 0.258. The summed E-state index contributed by atoms with van der Waals surface area (Å²) in [5.74, 6) is 1.81. The van der Waals surface area contributed by atoms with Crippen LogP contribution in [0.5, 0.6) is 5.75 Å². The summed E-state index contributed by atoms with van der Waals surface area (Å²) >= 11 is 7.87. The molecule has 0 saturated heterocycles. The fourth-order valence-corrected chi connectivity index (χ4v) is 5.71. The topological polar surface area (TPSA) is 81.1 Å². The van der Waals surface area contributed by atoms with Gasteiger partial charge in [0, 0.05) is 22.2 Å². The van der Waals surface area contributed by atoms with E-state index in [9.17, 15) is 4.79 Å². The van der Waals surface area contributed by atoms with Crippen molar-refractivity contribution >= 4 is 40.9 Å². The Morgan fingerprint density at radius 3 is 2.60 bits per heavy atom. The molecule has 7 nitrogen and oxygen atoms in total. The minimum absolute atomic E-state index is 0.193. The van der Waals surface area contributed by atoms with Gasteiger partial charge in [0.05, 0.1) is 12.2 Å². The maximum Gasteiger partial charge on any atom is 0.255 e. The Morgan fingerprint density at radius 1 is 1.07 bits per heavy atom. The highest BCUT2D eigenvalue weighted by atomic mass is 35.5. The van der Waals surface area contributed by atoms with Gasteiger partial charge in [-0.25, -0.2) is 4.68 Å². The van der Waals surface area contributed by atoms with E-state index in [0.29, 0.717) is 34.1 Å². The van der Waals surface area contributed by atoms with Crippen LogP contribution in [-0.2, 0) is 10.5 Å². The number of aromatic nitrogens is 3. The number of carbonyl (C=O) groups excluding carboxylic acids is 1. The van der Waals surface area contributed by atoms with Gasteiger partial charge in [0.15, 0.2) is 0 Å². The van der Waals surface area contributed by atoms with Gasteiger partial charge >= 0.3 is 0 Å². The van der Waals surface area contributed by atoms with Crippen LogP contribution in [0.4, 0.5) is 11.6 Å². The summed E-state index contributed by atoms with van der Waals surface area (Å²) in [4.78, 5) is 18.6. The number of halogens is 1. The zero-order valence-corrected chi connectivity index (χ0v) is 24.6. The summed E-state index contributed by atoms with van der Waals surface area (Å²) in [6.07, 6.45) is 0.928. The number of hydrogen-bond donors (Lipinski definition) is 2. The van der Waals surface area contributed by atoms with E-state index in [4.69, 9.17) is 26.4 Å². The minimum atomic E-state index is -0.483. The molecule has 0 bridgehead atoms. The van der Waals surface area contributed by atoms with Crippen LogP contribution in [0.2, 0.25) is 5.02 Å². The first-order valence-corrected chi connectivity index (χ1v) is 14.6. The van der Waals surface area contributed by atoms with E-state index in [1.165, 1.54) is 11.8 Å². The molecular formula is C31H32ClN5O2S. The van der Waals surface area contributed by atoms with Crippen molar-refractivity contribution in [2.45, 2.75) is 51.1 Å². The monoisotopic (exact) mass is 573 g/mol. The number of allylic oxidation sites excluding steroid dienone is 1.